The van der Waals surface area contributed by atoms with Gasteiger partial charge in [-0.2, -0.15) is 0 Å². The number of amides is 1. The molecule has 148 valence electrons. The molecule has 2 aliphatic heterocycles. The first-order valence-corrected chi connectivity index (χ1v) is 8.99. The van der Waals surface area contributed by atoms with Crippen molar-refractivity contribution in [3.63, 3.8) is 0 Å². The standard InChI is InChI=1S/C19H30N4O.2ClH/c1-19(14-20)8-9-23(15-19)18(24)17(16-6-4-3-5-7-16)22-12-10-21(2)11-13-22;;/h3-7,17H,8-15,20H2,1-2H3;2*1H. The van der Waals surface area contributed by atoms with Gasteiger partial charge in [0.1, 0.15) is 6.04 Å². The van der Waals surface area contributed by atoms with Crippen LogP contribution in [0.15, 0.2) is 30.3 Å². The number of piperazine rings is 1. The quantitative estimate of drug-likeness (QED) is 0.836. The monoisotopic (exact) mass is 402 g/mol. The maximum atomic E-state index is 13.4. The number of carbonyl (C=O) groups is 1. The van der Waals surface area contributed by atoms with Crippen molar-refractivity contribution < 1.29 is 4.79 Å². The second-order valence-corrected chi connectivity index (χ2v) is 7.68. The molecule has 0 aromatic heterocycles. The second kappa shape index (κ2) is 9.90. The van der Waals surface area contributed by atoms with Gasteiger partial charge in [-0.1, -0.05) is 37.3 Å². The smallest absolute Gasteiger partial charge is 0.244 e. The molecular weight excluding hydrogens is 371 g/mol. The van der Waals surface area contributed by atoms with Gasteiger partial charge >= 0.3 is 0 Å². The van der Waals surface area contributed by atoms with Gasteiger partial charge in [-0.3, -0.25) is 9.69 Å². The summed E-state index contributed by atoms with van der Waals surface area (Å²) in [6.07, 6.45) is 0.999. The molecule has 0 aliphatic carbocycles. The minimum absolute atomic E-state index is 0. The van der Waals surface area contributed by atoms with Gasteiger partial charge < -0.3 is 15.5 Å². The Labute approximate surface area is 169 Å². The van der Waals surface area contributed by atoms with Gasteiger partial charge in [0.05, 0.1) is 0 Å². The summed E-state index contributed by atoms with van der Waals surface area (Å²) in [7, 11) is 2.14. The van der Waals surface area contributed by atoms with Crippen LogP contribution in [-0.2, 0) is 4.79 Å². The summed E-state index contributed by atoms with van der Waals surface area (Å²) < 4.78 is 0. The first-order chi connectivity index (χ1) is 11.5. The van der Waals surface area contributed by atoms with Crippen LogP contribution in [-0.4, -0.2) is 73.5 Å². The van der Waals surface area contributed by atoms with Crippen LogP contribution >= 0.6 is 24.8 Å². The number of rotatable bonds is 4. The normalized spacial score (nSPS) is 25.3. The van der Waals surface area contributed by atoms with E-state index >= 15 is 0 Å². The molecule has 3 rings (SSSR count). The van der Waals surface area contributed by atoms with Gasteiger partial charge in [-0.15, -0.1) is 24.8 Å². The molecule has 5 nitrogen and oxygen atoms in total. The summed E-state index contributed by atoms with van der Waals surface area (Å²) in [6.45, 7) is 8.32. The molecule has 2 aliphatic rings. The van der Waals surface area contributed by atoms with Gasteiger partial charge in [0.25, 0.3) is 0 Å². The van der Waals surface area contributed by atoms with Gasteiger partial charge in [-0.05, 0) is 31.0 Å². The fourth-order valence-corrected chi connectivity index (χ4v) is 3.78. The zero-order valence-corrected chi connectivity index (χ0v) is 17.4. The fourth-order valence-electron chi connectivity index (χ4n) is 3.78. The van der Waals surface area contributed by atoms with Crippen molar-refractivity contribution in [3.05, 3.63) is 35.9 Å². The first kappa shape index (κ1) is 23.2. The van der Waals surface area contributed by atoms with Crippen molar-refractivity contribution >= 4 is 30.7 Å². The van der Waals surface area contributed by atoms with E-state index in [-0.39, 0.29) is 42.2 Å². The van der Waals surface area contributed by atoms with Gasteiger partial charge in [0, 0.05) is 39.3 Å². The number of likely N-dealkylation sites (tertiary alicyclic amines) is 1. The lowest BCUT2D eigenvalue weighted by atomic mass is 9.90. The molecule has 1 aromatic rings. The minimum atomic E-state index is -0.167. The number of nitrogens with two attached hydrogens (primary N) is 1. The summed E-state index contributed by atoms with van der Waals surface area (Å²) in [5.74, 6) is 0.239. The Bertz CT molecular complexity index is 566. The van der Waals surface area contributed by atoms with E-state index in [9.17, 15) is 4.79 Å². The third-order valence-electron chi connectivity index (χ3n) is 5.61. The maximum Gasteiger partial charge on any atom is 0.244 e. The van der Waals surface area contributed by atoms with E-state index < -0.39 is 0 Å². The van der Waals surface area contributed by atoms with Crippen LogP contribution in [0.3, 0.4) is 0 Å². The highest BCUT2D eigenvalue weighted by Crippen LogP contribution is 2.32. The van der Waals surface area contributed by atoms with E-state index in [1.165, 1.54) is 0 Å². The van der Waals surface area contributed by atoms with Crippen molar-refractivity contribution in [1.82, 2.24) is 14.7 Å². The fraction of sp³-hybridized carbons (Fsp3) is 0.632. The average molecular weight is 403 g/mol. The number of hydrogen-bond donors (Lipinski definition) is 1. The highest BCUT2D eigenvalue weighted by molar-refractivity contribution is 5.85. The summed E-state index contributed by atoms with van der Waals surface area (Å²) in [6, 6.07) is 10.1. The summed E-state index contributed by atoms with van der Waals surface area (Å²) in [5.41, 5.74) is 7.10. The largest absolute Gasteiger partial charge is 0.340 e. The highest BCUT2D eigenvalue weighted by Gasteiger charge is 2.39. The van der Waals surface area contributed by atoms with E-state index in [2.05, 4.69) is 35.9 Å². The van der Waals surface area contributed by atoms with Crippen LogP contribution in [0.4, 0.5) is 0 Å². The molecule has 7 heteroatoms. The second-order valence-electron chi connectivity index (χ2n) is 7.68. The zero-order chi connectivity index (χ0) is 17.2. The molecule has 2 atom stereocenters. The third-order valence-corrected chi connectivity index (χ3v) is 5.61. The van der Waals surface area contributed by atoms with Crippen LogP contribution in [0.25, 0.3) is 0 Å². The molecule has 1 amide bonds. The lowest BCUT2D eigenvalue weighted by molar-refractivity contribution is -0.137. The molecule has 2 N–H and O–H groups in total. The Balaban J connectivity index is 0.00000169. The van der Waals surface area contributed by atoms with Crippen LogP contribution < -0.4 is 5.73 Å². The Morgan fingerprint density at radius 3 is 2.27 bits per heavy atom. The van der Waals surface area contributed by atoms with Crippen molar-refractivity contribution in [2.45, 2.75) is 19.4 Å². The Morgan fingerprint density at radius 1 is 1.12 bits per heavy atom. The lowest BCUT2D eigenvalue weighted by Crippen LogP contribution is -2.50. The molecule has 2 fully saturated rings. The van der Waals surface area contributed by atoms with Crippen LogP contribution in [0.5, 0.6) is 0 Å². The van der Waals surface area contributed by atoms with Gasteiger partial charge in [0.15, 0.2) is 0 Å². The predicted octanol–water partition coefficient (Wildman–Crippen LogP) is 2.02. The average Bonchev–Trinajstić information content (AvgIpc) is 3.01. The molecule has 0 bridgehead atoms. The Kier molecular flexibility index (Phi) is 8.83. The van der Waals surface area contributed by atoms with E-state index in [1.807, 2.05) is 23.1 Å². The van der Waals surface area contributed by atoms with E-state index in [1.54, 1.807) is 0 Å². The summed E-state index contributed by atoms with van der Waals surface area (Å²) >= 11 is 0. The summed E-state index contributed by atoms with van der Waals surface area (Å²) in [5, 5.41) is 0. The number of likely N-dealkylation sites (N-methyl/N-ethyl adjacent to an activating group) is 1. The molecule has 0 radical (unpaired) electrons. The lowest BCUT2D eigenvalue weighted by Gasteiger charge is -2.39. The summed E-state index contributed by atoms with van der Waals surface area (Å²) in [4.78, 5) is 20.1. The molecule has 2 saturated heterocycles. The topological polar surface area (TPSA) is 52.8 Å². The number of carbonyl (C=O) groups excluding carboxylic acids is 1. The van der Waals surface area contributed by atoms with Crippen molar-refractivity contribution in [2.24, 2.45) is 11.1 Å². The molecule has 2 unspecified atom stereocenters. The molecule has 26 heavy (non-hydrogen) atoms. The SMILES string of the molecule is CN1CCN(C(C(=O)N2CCC(C)(CN)C2)c2ccccc2)CC1.Cl.Cl. The Morgan fingerprint density at radius 2 is 1.73 bits per heavy atom. The van der Waals surface area contributed by atoms with E-state index in [0.717, 1.165) is 51.3 Å². The zero-order valence-electron chi connectivity index (χ0n) is 15.8. The molecule has 1 aromatic carbocycles. The van der Waals surface area contributed by atoms with Crippen LogP contribution in [0, 0.1) is 5.41 Å². The minimum Gasteiger partial charge on any atom is -0.340 e. The van der Waals surface area contributed by atoms with Crippen molar-refractivity contribution in [3.8, 4) is 0 Å². The van der Waals surface area contributed by atoms with Gasteiger partial charge in [0.2, 0.25) is 5.91 Å². The number of benzene rings is 1. The van der Waals surface area contributed by atoms with Gasteiger partial charge in [-0.25, -0.2) is 0 Å². The molecule has 2 heterocycles. The van der Waals surface area contributed by atoms with Crippen molar-refractivity contribution in [2.75, 3.05) is 52.9 Å². The van der Waals surface area contributed by atoms with Crippen LogP contribution in [0.2, 0.25) is 0 Å². The third kappa shape index (κ3) is 5.11. The molecular formula is C19H32Cl2N4O. The van der Waals surface area contributed by atoms with E-state index in [0.29, 0.717) is 6.54 Å². The number of hydrogen-bond acceptors (Lipinski definition) is 4. The number of halogens is 2. The highest BCUT2D eigenvalue weighted by atomic mass is 35.5. The van der Waals surface area contributed by atoms with E-state index in [4.69, 9.17) is 5.73 Å². The first-order valence-electron chi connectivity index (χ1n) is 8.99. The Hall–Kier alpha value is -0.850. The van der Waals surface area contributed by atoms with Crippen molar-refractivity contribution in [1.29, 1.82) is 0 Å². The maximum absolute atomic E-state index is 13.4. The predicted molar refractivity (Wildman–Crippen MR) is 111 cm³/mol. The van der Waals surface area contributed by atoms with Crippen LogP contribution in [0.1, 0.15) is 24.9 Å². The molecule has 0 spiro atoms. The number of nitrogens with zero attached hydrogens (tertiary/aromatic N) is 3. The molecule has 0 saturated carbocycles.